The van der Waals surface area contributed by atoms with E-state index in [1.165, 1.54) is 36.3 Å². The fourth-order valence-corrected chi connectivity index (χ4v) is 2.34. The van der Waals surface area contributed by atoms with Crippen LogP contribution in [-0.2, 0) is 9.53 Å². The molecule has 1 unspecified atom stereocenters. The number of amides is 1. The Hall–Kier alpha value is -2.18. The second kappa shape index (κ2) is 6.51. The van der Waals surface area contributed by atoms with Crippen molar-refractivity contribution in [3.63, 3.8) is 0 Å². The molecular formula is C14H15F2NO4. The molecule has 0 aliphatic carbocycles. The Bertz CT molecular complexity index is 518. The van der Waals surface area contributed by atoms with E-state index < -0.39 is 18.6 Å². The number of methoxy groups -OCH3 is 1. The van der Waals surface area contributed by atoms with Gasteiger partial charge in [0.1, 0.15) is 11.8 Å². The highest BCUT2D eigenvalue weighted by atomic mass is 19.3. The summed E-state index contributed by atoms with van der Waals surface area (Å²) in [5.74, 6) is -0.794. The van der Waals surface area contributed by atoms with E-state index in [-0.39, 0.29) is 11.7 Å². The van der Waals surface area contributed by atoms with Crippen LogP contribution >= 0.6 is 0 Å². The van der Waals surface area contributed by atoms with Crippen LogP contribution in [0.1, 0.15) is 23.2 Å². The number of alkyl halides is 2. The van der Waals surface area contributed by atoms with Crippen LogP contribution in [0.2, 0.25) is 0 Å². The number of hydrogen-bond donors (Lipinski definition) is 0. The molecule has 114 valence electrons. The molecule has 5 nitrogen and oxygen atoms in total. The highest BCUT2D eigenvalue weighted by Gasteiger charge is 2.35. The molecule has 2 rings (SSSR count). The monoisotopic (exact) mass is 299 g/mol. The minimum atomic E-state index is -2.91. The molecule has 21 heavy (non-hydrogen) atoms. The average molecular weight is 299 g/mol. The molecule has 0 spiro atoms. The quantitative estimate of drug-likeness (QED) is 0.799. The molecule has 1 heterocycles. The third-order valence-corrected chi connectivity index (χ3v) is 3.31. The zero-order valence-corrected chi connectivity index (χ0v) is 11.4. The highest BCUT2D eigenvalue weighted by molar-refractivity contribution is 5.97. The van der Waals surface area contributed by atoms with Crippen molar-refractivity contribution in [2.24, 2.45) is 0 Å². The number of rotatable bonds is 4. The topological polar surface area (TPSA) is 55.8 Å². The van der Waals surface area contributed by atoms with E-state index in [2.05, 4.69) is 9.47 Å². The van der Waals surface area contributed by atoms with Gasteiger partial charge < -0.3 is 14.4 Å². The highest BCUT2D eigenvalue weighted by Crippen LogP contribution is 2.22. The van der Waals surface area contributed by atoms with Crippen LogP contribution in [0.4, 0.5) is 8.78 Å². The first-order valence-electron chi connectivity index (χ1n) is 6.46. The van der Waals surface area contributed by atoms with Crippen molar-refractivity contribution in [3.8, 4) is 5.75 Å². The van der Waals surface area contributed by atoms with Gasteiger partial charge >= 0.3 is 12.6 Å². The summed E-state index contributed by atoms with van der Waals surface area (Å²) in [7, 11) is 1.28. The molecule has 1 aliphatic rings. The van der Waals surface area contributed by atoms with Crippen molar-refractivity contribution < 1.29 is 27.8 Å². The molecule has 7 heteroatoms. The maximum Gasteiger partial charge on any atom is 0.387 e. The molecule has 0 saturated carbocycles. The first kappa shape index (κ1) is 15.2. The van der Waals surface area contributed by atoms with Gasteiger partial charge in [-0.3, -0.25) is 4.79 Å². The molecule has 0 radical (unpaired) electrons. The van der Waals surface area contributed by atoms with Crippen LogP contribution in [0, 0.1) is 0 Å². The van der Waals surface area contributed by atoms with E-state index in [1.54, 1.807) is 0 Å². The molecule has 1 amide bonds. The van der Waals surface area contributed by atoms with E-state index in [0.717, 1.165) is 6.42 Å². The SMILES string of the molecule is COC(=O)C1CCCN1C(=O)c1ccc(OC(F)F)cc1. The van der Waals surface area contributed by atoms with Crippen molar-refractivity contribution in [2.75, 3.05) is 13.7 Å². The largest absolute Gasteiger partial charge is 0.467 e. The summed E-state index contributed by atoms with van der Waals surface area (Å²) in [6, 6.07) is 4.80. The predicted molar refractivity (Wildman–Crippen MR) is 69.1 cm³/mol. The summed E-state index contributed by atoms with van der Waals surface area (Å²) in [5.41, 5.74) is 0.312. The normalized spacial score (nSPS) is 17.9. The maximum absolute atomic E-state index is 12.3. The van der Waals surface area contributed by atoms with E-state index in [1.807, 2.05) is 0 Å². The Labute approximate surface area is 120 Å². The van der Waals surface area contributed by atoms with E-state index in [4.69, 9.17) is 0 Å². The molecule has 1 aromatic rings. The Balaban J connectivity index is 2.10. The van der Waals surface area contributed by atoms with Gasteiger partial charge in [-0.05, 0) is 37.1 Å². The van der Waals surface area contributed by atoms with E-state index >= 15 is 0 Å². The van der Waals surface area contributed by atoms with Gasteiger partial charge in [-0.15, -0.1) is 0 Å². The standard InChI is InChI=1S/C14H15F2NO4/c1-20-13(19)11-3-2-8-17(11)12(18)9-4-6-10(7-5-9)21-14(15)16/h4-7,11,14H,2-3,8H2,1H3. The Kier molecular flexibility index (Phi) is 4.72. The van der Waals surface area contributed by atoms with Gasteiger partial charge in [0, 0.05) is 12.1 Å². The van der Waals surface area contributed by atoms with Crippen molar-refractivity contribution in [2.45, 2.75) is 25.5 Å². The Morgan fingerprint density at radius 1 is 1.29 bits per heavy atom. The van der Waals surface area contributed by atoms with Gasteiger partial charge in [-0.25, -0.2) is 4.79 Å². The third-order valence-electron chi connectivity index (χ3n) is 3.31. The lowest BCUT2D eigenvalue weighted by Crippen LogP contribution is -2.41. The van der Waals surface area contributed by atoms with E-state index in [9.17, 15) is 18.4 Å². The first-order valence-corrected chi connectivity index (χ1v) is 6.46. The minimum absolute atomic E-state index is 0.0208. The molecule has 0 N–H and O–H groups in total. The lowest BCUT2D eigenvalue weighted by Gasteiger charge is -2.22. The van der Waals surface area contributed by atoms with Crippen molar-refractivity contribution in [3.05, 3.63) is 29.8 Å². The molecule has 0 bridgehead atoms. The van der Waals surface area contributed by atoms with Crippen molar-refractivity contribution >= 4 is 11.9 Å². The second-order valence-electron chi connectivity index (χ2n) is 4.58. The summed E-state index contributed by atoms with van der Waals surface area (Å²) in [5, 5.41) is 0. The molecule has 1 saturated heterocycles. The smallest absolute Gasteiger partial charge is 0.387 e. The Morgan fingerprint density at radius 3 is 2.52 bits per heavy atom. The molecular weight excluding hydrogens is 284 g/mol. The molecule has 1 aliphatic heterocycles. The summed E-state index contributed by atoms with van der Waals surface area (Å²) >= 11 is 0. The molecule has 1 atom stereocenters. The number of benzene rings is 1. The van der Waals surface area contributed by atoms with Crippen LogP contribution in [-0.4, -0.2) is 43.1 Å². The van der Waals surface area contributed by atoms with E-state index in [0.29, 0.717) is 18.5 Å². The molecule has 0 aromatic heterocycles. The van der Waals surface area contributed by atoms with Crippen LogP contribution in [0.5, 0.6) is 5.75 Å². The lowest BCUT2D eigenvalue weighted by molar-refractivity contribution is -0.145. The number of esters is 1. The van der Waals surface area contributed by atoms with Crippen LogP contribution in [0.25, 0.3) is 0 Å². The molecule has 1 fully saturated rings. The fourth-order valence-electron chi connectivity index (χ4n) is 2.34. The lowest BCUT2D eigenvalue weighted by atomic mass is 10.1. The number of likely N-dealkylation sites (tertiary alicyclic amines) is 1. The first-order chi connectivity index (χ1) is 10.0. The second-order valence-corrected chi connectivity index (χ2v) is 4.58. The third kappa shape index (κ3) is 3.48. The summed E-state index contributed by atoms with van der Waals surface area (Å²) in [6.45, 7) is -2.44. The van der Waals surface area contributed by atoms with Crippen molar-refractivity contribution in [1.82, 2.24) is 4.90 Å². The van der Waals surface area contributed by atoms with Crippen LogP contribution in [0.15, 0.2) is 24.3 Å². The predicted octanol–water partition coefficient (Wildman–Crippen LogP) is 2.07. The van der Waals surface area contributed by atoms with Gasteiger partial charge in [0.15, 0.2) is 0 Å². The minimum Gasteiger partial charge on any atom is -0.467 e. The number of carbonyl (C=O) groups is 2. The number of nitrogens with zero attached hydrogens (tertiary/aromatic N) is 1. The summed E-state index contributed by atoms with van der Waals surface area (Å²) in [4.78, 5) is 25.4. The number of hydrogen-bond acceptors (Lipinski definition) is 4. The van der Waals surface area contributed by atoms with Gasteiger partial charge in [0.2, 0.25) is 0 Å². The van der Waals surface area contributed by atoms with Gasteiger partial charge in [0.25, 0.3) is 5.91 Å². The Morgan fingerprint density at radius 2 is 1.95 bits per heavy atom. The summed E-state index contributed by atoms with van der Waals surface area (Å²) in [6.07, 6.45) is 1.28. The average Bonchev–Trinajstić information content (AvgIpc) is 2.95. The number of ether oxygens (including phenoxy) is 2. The molecule has 1 aromatic carbocycles. The zero-order chi connectivity index (χ0) is 15.4. The fraction of sp³-hybridized carbons (Fsp3) is 0.429. The number of halogens is 2. The van der Waals surface area contributed by atoms with Gasteiger partial charge in [-0.2, -0.15) is 8.78 Å². The zero-order valence-electron chi connectivity index (χ0n) is 11.4. The van der Waals surface area contributed by atoms with Crippen molar-refractivity contribution in [1.29, 1.82) is 0 Å². The van der Waals surface area contributed by atoms with Crippen LogP contribution in [0.3, 0.4) is 0 Å². The van der Waals surface area contributed by atoms with Crippen LogP contribution < -0.4 is 4.74 Å². The summed E-state index contributed by atoms with van der Waals surface area (Å²) < 4.78 is 33.0. The number of carbonyl (C=O) groups excluding carboxylic acids is 2. The van der Waals surface area contributed by atoms with Gasteiger partial charge in [-0.1, -0.05) is 0 Å². The van der Waals surface area contributed by atoms with Gasteiger partial charge in [0.05, 0.1) is 7.11 Å². The maximum atomic E-state index is 12.3.